The second kappa shape index (κ2) is 8.02. The molecule has 5 nitrogen and oxygen atoms in total. The number of hydrogen-bond acceptors (Lipinski definition) is 4. The van der Waals surface area contributed by atoms with E-state index < -0.39 is 0 Å². The fraction of sp³-hybridized carbons (Fsp3) is 0.588. The predicted molar refractivity (Wildman–Crippen MR) is 97.6 cm³/mol. The molecule has 2 atom stereocenters. The van der Waals surface area contributed by atoms with Gasteiger partial charge in [-0.15, -0.1) is 24.8 Å². The van der Waals surface area contributed by atoms with E-state index in [0.29, 0.717) is 13.2 Å². The third-order valence-electron chi connectivity index (χ3n) is 5.13. The van der Waals surface area contributed by atoms with E-state index in [2.05, 4.69) is 28.4 Å². The van der Waals surface area contributed by atoms with Crippen LogP contribution < -0.4 is 5.32 Å². The van der Waals surface area contributed by atoms with Gasteiger partial charge in [0.1, 0.15) is 0 Å². The average Bonchev–Trinajstić information content (AvgIpc) is 2.87. The third-order valence-corrected chi connectivity index (χ3v) is 5.13. The number of carbonyl (C=O) groups excluding carboxylic acids is 1. The van der Waals surface area contributed by atoms with E-state index in [1.165, 1.54) is 16.7 Å². The van der Waals surface area contributed by atoms with Crippen LogP contribution in [0.3, 0.4) is 0 Å². The molecule has 4 rings (SSSR count). The summed E-state index contributed by atoms with van der Waals surface area (Å²) in [6, 6.07) is 6.96. The van der Waals surface area contributed by atoms with Gasteiger partial charge in [-0.1, -0.05) is 18.2 Å². The van der Waals surface area contributed by atoms with Crippen molar-refractivity contribution in [2.24, 2.45) is 5.92 Å². The molecule has 1 aromatic rings. The SMILES string of the molecule is CN1C(=O)[C@H]2COC[C@@H]1CN(Cc1ccc3c(c1)CNC3)C2.Cl.Cl. The summed E-state index contributed by atoms with van der Waals surface area (Å²) < 4.78 is 5.66. The molecule has 0 saturated carbocycles. The molecule has 0 unspecified atom stereocenters. The highest BCUT2D eigenvalue weighted by molar-refractivity contribution is 5.85. The highest BCUT2D eigenvalue weighted by Crippen LogP contribution is 2.23. The summed E-state index contributed by atoms with van der Waals surface area (Å²) in [4.78, 5) is 16.7. The molecule has 134 valence electrons. The van der Waals surface area contributed by atoms with E-state index in [1.54, 1.807) is 0 Å². The lowest BCUT2D eigenvalue weighted by atomic mass is 10.0. The van der Waals surface area contributed by atoms with E-state index in [0.717, 1.165) is 32.7 Å². The van der Waals surface area contributed by atoms with Gasteiger partial charge in [0.15, 0.2) is 0 Å². The maximum absolute atomic E-state index is 12.4. The Balaban J connectivity index is 0.00000104. The van der Waals surface area contributed by atoms with Gasteiger partial charge in [0.25, 0.3) is 0 Å². The lowest BCUT2D eigenvalue weighted by molar-refractivity contribution is -0.133. The Hall–Kier alpha value is -0.850. The summed E-state index contributed by atoms with van der Waals surface area (Å²) in [6.07, 6.45) is 0. The van der Waals surface area contributed by atoms with Gasteiger partial charge < -0.3 is 15.0 Å². The Labute approximate surface area is 155 Å². The highest BCUT2D eigenvalue weighted by atomic mass is 35.5. The number of likely N-dealkylation sites (N-methyl/N-ethyl adjacent to an activating group) is 1. The Morgan fingerprint density at radius 3 is 2.79 bits per heavy atom. The van der Waals surface area contributed by atoms with Crippen LogP contribution in [0, 0.1) is 5.92 Å². The molecule has 24 heavy (non-hydrogen) atoms. The number of fused-ring (bicyclic) bond motifs is 4. The highest BCUT2D eigenvalue weighted by Gasteiger charge is 2.37. The first-order valence-corrected chi connectivity index (χ1v) is 8.09. The number of hydrogen-bond donors (Lipinski definition) is 1. The molecule has 2 saturated heterocycles. The predicted octanol–water partition coefficient (Wildman–Crippen LogP) is 1.42. The molecule has 2 fully saturated rings. The standard InChI is InChI=1S/C17H23N3O2.2ClH/c1-19-16-9-20(8-15(17(19)21)10-22-11-16)7-12-2-3-13-5-18-6-14(13)4-12;;/h2-4,15-16,18H,5-11H2,1H3;2*1H/t15-,16+;;/m1../s1. The number of halogens is 2. The molecule has 1 N–H and O–H groups in total. The molecule has 3 heterocycles. The van der Waals surface area contributed by atoms with Crippen molar-refractivity contribution in [3.05, 3.63) is 34.9 Å². The number of benzene rings is 1. The average molecular weight is 374 g/mol. The van der Waals surface area contributed by atoms with Crippen molar-refractivity contribution in [2.45, 2.75) is 25.7 Å². The van der Waals surface area contributed by atoms with Crippen LogP contribution in [-0.2, 0) is 29.2 Å². The maximum Gasteiger partial charge on any atom is 0.229 e. The summed E-state index contributed by atoms with van der Waals surface area (Å²) in [5, 5.41) is 3.39. The summed E-state index contributed by atoms with van der Waals surface area (Å²) >= 11 is 0. The number of carbonyl (C=O) groups is 1. The zero-order chi connectivity index (χ0) is 15.1. The summed E-state index contributed by atoms with van der Waals surface area (Å²) in [5.74, 6) is 0.219. The molecule has 3 aliphatic heterocycles. The molecule has 0 aliphatic carbocycles. The molecule has 1 aromatic carbocycles. The van der Waals surface area contributed by atoms with Crippen LogP contribution in [0.1, 0.15) is 16.7 Å². The van der Waals surface area contributed by atoms with Gasteiger partial charge in [-0.2, -0.15) is 0 Å². The van der Waals surface area contributed by atoms with Gasteiger partial charge in [0.05, 0.1) is 25.2 Å². The minimum Gasteiger partial charge on any atom is -0.378 e. The van der Waals surface area contributed by atoms with Gasteiger partial charge in [-0.25, -0.2) is 0 Å². The molecule has 3 aliphatic rings. The Morgan fingerprint density at radius 1 is 1.17 bits per heavy atom. The van der Waals surface area contributed by atoms with Crippen LogP contribution >= 0.6 is 24.8 Å². The molecule has 0 aromatic heterocycles. The van der Waals surface area contributed by atoms with Crippen LogP contribution in [-0.4, -0.2) is 55.1 Å². The van der Waals surface area contributed by atoms with E-state index in [4.69, 9.17) is 4.74 Å². The number of rotatable bonds is 2. The fourth-order valence-electron chi connectivity index (χ4n) is 3.82. The van der Waals surface area contributed by atoms with Gasteiger partial charge in [0, 0.05) is 39.8 Å². The molecular formula is C17H25Cl2N3O2. The Kier molecular flexibility index (Phi) is 6.51. The van der Waals surface area contributed by atoms with Crippen LogP contribution in [0.15, 0.2) is 18.2 Å². The minimum atomic E-state index is -0.0198. The van der Waals surface area contributed by atoms with Crippen molar-refractivity contribution in [3.63, 3.8) is 0 Å². The molecule has 0 spiro atoms. The van der Waals surface area contributed by atoms with Crippen molar-refractivity contribution in [3.8, 4) is 0 Å². The van der Waals surface area contributed by atoms with Gasteiger partial charge in [0.2, 0.25) is 5.91 Å². The van der Waals surface area contributed by atoms with Gasteiger partial charge in [-0.3, -0.25) is 9.69 Å². The molecule has 0 radical (unpaired) electrons. The largest absolute Gasteiger partial charge is 0.378 e. The first-order valence-electron chi connectivity index (χ1n) is 8.09. The zero-order valence-corrected chi connectivity index (χ0v) is 15.5. The number of ether oxygens (including phenoxy) is 1. The van der Waals surface area contributed by atoms with Crippen molar-refractivity contribution in [2.75, 3.05) is 33.4 Å². The second-order valence-corrected chi connectivity index (χ2v) is 6.74. The van der Waals surface area contributed by atoms with E-state index >= 15 is 0 Å². The van der Waals surface area contributed by atoms with Crippen molar-refractivity contribution < 1.29 is 9.53 Å². The monoisotopic (exact) mass is 373 g/mol. The smallest absolute Gasteiger partial charge is 0.229 e. The molecule has 1 amide bonds. The third kappa shape index (κ3) is 3.70. The van der Waals surface area contributed by atoms with Crippen LogP contribution in [0.4, 0.5) is 0 Å². The fourth-order valence-corrected chi connectivity index (χ4v) is 3.82. The van der Waals surface area contributed by atoms with Crippen molar-refractivity contribution in [1.82, 2.24) is 15.1 Å². The van der Waals surface area contributed by atoms with E-state index in [1.807, 2.05) is 11.9 Å². The summed E-state index contributed by atoms with van der Waals surface area (Å²) in [7, 11) is 1.92. The molecular weight excluding hydrogens is 349 g/mol. The lowest BCUT2D eigenvalue weighted by Gasteiger charge is -2.29. The van der Waals surface area contributed by atoms with Gasteiger partial charge in [-0.05, 0) is 16.7 Å². The minimum absolute atomic E-state index is 0. The summed E-state index contributed by atoms with van der Waals surface area (Å²) in [6.45, 7) is 5.79. The quantitative estimate of drug-likeness (QED) is 0.851. The molecule has 2 bridgehead atoms. The first-order chi connectivity index (χ1) is 10.7. The lowest BCUT2D eigenvalue weighted by Crippen LogP contribution is -2.42. The number of nitrogens with one attached hydrogen (secondary N) is 1. The van der Waals surface area contributed by atoms with Crippen LogP contribution in [0.2, 0.25) is 0 Å². The second-order valence-electron chi connectivity index (χ2n) is 6.74. The van der Waals surface area contributed by atoms with E-state index in [-0.39, 0.29) is 42.7 Å². The summed E-state index contributed by atoms with van der Waals surface area (Å²) in [5.41, 5.74) is 4.18. The van der Waals surface area contributed by atoms with Crippen molar-refractivity contribution >= 4 is 30.7 Å². The van der Waals surface area contributed by atoms with Crippen molar-refractivity contribution in [1.29, 1.82) is 0 Å². The first kappa shape index (κ1) is 19.5. The topological polar surface area (TPSA) is 44.8 Å². The number of amides is 1. The van der Waals surface area contributed by atoms with Gasteiger partial charge >= 0.3 is 0 Å². The van der Waals surface area contributed by atoms with Crippen LogP contribution in [0.5, 0.6) is 0 Å². The maximum atomic E-state index is 12.4. The molecule has 7 heteroatoms. The van der Waals surface area contributed by atoms with E-state index in [9.17, 15) is 4.79 Å². The Morgan fingerprint density at radius 2 is 1.96 bits per heavy atom. The normalized spacial score (nSPS) is 26.2. The zero-order valence-electron chi connectivity index (χ0n) is 13.9. The Bertz CT molecular complexity index is 599. The van der Waals surface area contributed by atoms with Crippen LogP contribution in [0.25, 0.3) is 0 Å². The number of nitrogens with zero attached hydrogens (tertiary/aromatic N) is 2.